The molecule has 4 nitrogen and oxygen atoms in total. The van der Waals surface area contributed by atoms with Crippen LogP contribution in [0, 0.1) is 0 Å². The number of aromatic nitrogens is 2. The van der Waals surface area contributed by atoms with Gasteiger partial charge >= 0.3 is 12.4 Å². The summed E-state index contributed by atoms with van der Waals surface area (Å²) in [5.74, 6) is -1.11. The van der Waals surface area contributed by atoms with Gasteiger partial charge in [-0.05, 0) is 42.5 Å². The van der Waals surface area contributed by atoms with Crippen LogP contribution in [0.4, 0.5) is 32.0 Å². The summed E-state index contributed by atoms with van der Waals surface area (Å²) in [6.07, 6.45) is -6.84. The fourth-order valence-electron chi connectivity index (χ4n) is 3.08. The van der Waals surface area contributed by atoms with Crippen molar-refractivity contribution in [1.82, 2.24) is 9.97 Å². The molecular weight excluding hydrogens is 480 g/mol. The molecule has 0 saturated heterocycles. The number of carbonyl (C=O) groups excluding carboxylic acids is 1. The Morgan fingerprint density at radius 1 is 0.824 bits per heavy atom. The van der Waals surface area contributed by atoms with Crippen molar-refractivity contribution in [3.63, 3.8) is 0 Å². The molecule has 174 valence electrons. The average Bonchev–Trinajstić information content (AvgIpc) is 3.29. The molecule has 0 aliphatic heterocycles. The van der Waals surface area contributed by atoms with Crippen LogP contribution in [0.15, 0.2) is 72.4 Å². The zero-order valence-corrected chi connectivity index (χ0v) is 17.7. The Hall–Kier alpha value is -3.73. The standard InChI is InChI=1S/C23H13F6N3OS/c24-22(25,26)16-8-15(9-17(11-16)23(27,28)29)20(33)31-18-3-1-2-14(10-18)19-12-34-21(32-19)13-4-6-30-7-5-13/h1-12H,(H,31,33). The van der Waals surface area contributed by atoms with E-state index in [2.05, 4.69) is 15.3 Å². The molecule has 2 heterocycles. The highest BCUT2D eigenvalue weighted by Crippen LogP contribution is 2.36. The molecule has 1 amide bonds. The van der Waals surface area contributed by atoms with Crippen molar-refractivity contribution in [3.05, 3.63) is 89.1 Å². The molecule has 4 aromatic rings. The van der Waals surface area contributed by atoms with Gasteiger partial charge in [-0.15, -0.1) is 11.3 Å². The second kappa shape index (κ2) is 8.90. The number of halogens is 6. The van der Waals surface area contributed by atoms with Crippen LogP contribution in [0.3, 0.4) is 0 Å². The first kappa shape index (κ1) is 23.4. The number of pyridine rings is 1. The van der Waals surface area contributed by atoms with Crippen molar-refractivity contribution < 1.29 is 31.1 Å². The first-order valence-corrected chi connectivity index (χ1v) is 10.5. The molecule has 0 radical (unpaired) electrons. The largest absolute Gasteiger partial charge is 0.416 e. The van der Waals surface area contributed by atoms with Crippen LogP contribution in [0.5, 0.6) is 0 Å². The molecule has 2 aromatic heterocycles. The molecule has 4 rings (SSSR count). The van der Waals surface area contributed by atoms with Gasteiger partial charge in [-0.3, -0.25) is 9.78 Å². The summed E-state index contributed by atoms with van der Waals surface area (Å²) in [7, 11) is 0. The Kier molecular flexibility index (Phi) is 6.13. The molecule has 0 aliphatic rings. The molecular formula is C23H13F6N3OS. The number of nitrogens with zero attached hydrogens (tertiary/aromatic N) is 2. The van der Waals surface area contributed by atoms with Crippen molar-refractivity contribution >= 4 is 22.9 Å². The number of alkyl halides is 6. The summed E-state index contributed by atoms with van der Waals surface area (Å²) in [5.41, 5.74) is -1.64. The summed E-state index contributed by atoms with van der Waals surface area (Å²) in [4.78, 5) is 21.0. The predicted octanol–water partition coefficient (Wildman–Crippen LogP) is 7.16. The summed E-state index contributed by atoms with van der Waals surface area (Å²) in [6, 6.07) is 10.6. The second-order valence-electron chi connectivity index (χ2n) is 7.10. The molecule has 2 aromatic carbocycles. The lowest BCUT2D eigenvalue weighted by Crippen LogP contribution is -2.17. The lowest BCUT2D eigenvalue weighted by molar-refractivity contribution is -0.143. The van der Waals surface area contributed by atoms with Crippen LogP contribution in [-0.2, 0) is 12.4 Å². The Labute approximate surface area is 192 Å². The molecule has 0 saturated carbocycles. The fourth-order valence-corrected chi connectivity index (χ4v) is 3.91. The maximum absolute atomic E-state index is 13.1. The maximum atomic E-state index is 13.1. The Bertz CT molecular complexity index is 1300. The lowest BCUT2D eigenvalue weighted by Gasteiger charge is -2.14. The first-order chi connectivity index (χ1) is 16.0. The topological polar surface area (TPSA) is 54.9 Å². The molecule has 0 unspecified atom stereocenters. The fraction of sp³-hybridized carbons (Fsp3) is 0.0870. The smallest absolute Gasteiger partial charge is 0.322 e. The minimum Gasteiger partial charge on any atom is -0.322 e. The summed E-state index contributed by atoms with van der Waals surface area (Å²) >= 11 is 1.38. The van der Waals surface area contributed by atoms with E-state index < -0.39 is 35.0 Å². The highest BCUT2D eigenvalue weighted by Gasteiger charge is 2.37. The highest BCUT2D eigenvalue weighted by molar-refractivity contribution is 7.13. The van der Waals surface area contributed by atoms with Crippen LogP contribution in [0.2, 0.25) is 0 Å². The number of thiazole rings is 1. The molecule has 34 heavy (non-hydrogen) atoms. The molecule has 0 atom stereocenters. The van der Waals surface area contributed by atoms with Crippen LogP contribution >= 0.6 is 11.3 Å². The SMILES string of the molecule is O=C(Nc1cccc(-c2csc(-c3ccncc3)n2)c1)c1cc(C(F)(F)F)cc(C(F)(F)F)c1. The molecule has 0 spiro atoms. The van der Waals surface area contributed by atoms with Crippen LogP contribution in [0.25, 0.3) is 21.8 Å². The third kappa shape index (κ3) is 5.25. The van der Waals surface area contributed by atoms with E-state index >= 15 is 0 Å². The van der Waals surface area contributed by atoms with Crippen LogP contribution < -0.4 is 5.32 Å². The predicted molar refractivity (Wildman–Crippen MR) is 115 cm³/mol. The number of rotatable bonds is 4. The van der Waals surface area contributed by atoms with E-state index in [1.54, 1.807) is 42.0 Å². The molecule has 0 aliphatic carbocycles. The first-order valence-electron chi connectivity index (χ1n) is 9.58. The minimum atomic E-state index is -5.05. The third-order valence-corrected chi connectivity index (χ3v) is 5.59. The van der Waals surface area contributed by atoms with Gasteiger partial charge in [0, 0.05) is 40.2 Å². The van der Waals surface area contributed by atoms with Gasteiger partial charge in [0.25, 0.3) is 5.91 Å². The molecule has 0 bridgehead atoms. The number of amides is 1. The zero-order valence-electron chi connectivity index (χ0n) is 16.9. The second-order valence-corrected chi connectivity index (χ2v) is 7.96. The minimum absolute atomic E-state index is 0.0278. The Morgan fingerprint density at radius 2 is 1.47 bits per heavy atom. The number of anilines is 1. The number of nitrogens with one attached hydrogen (secondary N) is 1. The van der Waals surface area contributed by atoms with E-state index in [-0.39, 0.29) is 11.8 Å². The number of hydrogen-bond acceptors (Lipinski definition) is 4. The molecule has 11 heteroatoms. The quantitative estimate of drug-likeness (QED) is 0.307. The van der Waals surface area contributed by atoms with E-state index in [4.69, 9.17) is 0 Å². The van der Waals surface area contributed by atoms with E-state index in [9.17, 15) is 31.1 Å². The van der Waals surface area contributed by atoms with Gasteiger partial charge in [0.15, 0.2) is 0 Å². The van der Waals surface area contributed by atoms with Crippen molar-refractivity contribution in [2.75, 3.05) is 5.32 Å². The van der Waals surface area contributed by atoms with Gasteiger partial charge in [0.2, 0.25) is 0 Å². The van der Waals surface area contributed by atoms with Crippen molar-refractivity contribution in [1.29, 1.82) is 0 Å². The van der Waals surface area contributed by atoms with Gasteiger partial charge in [-0.2, -0.15) is 26.3 Å². The van der Waals surface area contributed by atoms with E-state index in [0.717, 1.165) is 10.6 Å². The maximum Gasteiger partial charge on any atom is 0.416 e. The number of benzene rings is 2. The van der Waals surface area contributed by atoms with Crippen LogP contribution in [-0.4, -0.2) is 15.9 Å². The van der Waals surface area contributed by atoms with E-state index in [0.29, 0.717) is 23.4 Å². The lowest BCUT2D eigenvalue weighted by atomic mass is 10.0. The summed E-state index contributed by atoms with van der Waals surface area (Å²) in [5, 5.41) is 4.88. The highest BCUT2D eigenvalue weighted by atomic mass is 32.1. The number of hydrogen-bond donors (Lipinski definition) is 1. The summed E-state index contributed by atoms with van der Waals surface area (Å²) < 4.78 is 78.5. The summed E-state index contributed by atoms with van der Waals surface area (Å²) in [6.45, 7) is 0. The normalized spacial score (nSPS) is 11.9. The van der Waals surface area contributed by atoms with E-state index in [1.807, 2.05) is 0 Å². The third-order valence-electron chi connectivity index (χ3n) is 4.70. The van der Waals surface area contributed by atoms with E-state index in [1.165, 1.54) is 23.5 Å². The van der Waals surface area contributed by atoms with Gasteiger partial charge < -0.3 is 5.32 Å². The van der Waals surface area contributed by atoms with Crippen molar-refractivity contribution in [2.45, 2.75) is 12.4 Å². The van der Waals surface area contributed by atoms with Gasteiger partial charge in [-0.1, -0.05) is 12.1 Å². The Balaban J connectivity index is 1.61. The monoisotopic (exact) mass is 493 g/mol. The van der Waals surface area contributed by atoms with Gasteiger partial charge in [0.1, 0.15) is 5.01 Å². The average molecular weight is 493 g/mol. The number of carbonyl (C=O) groups is 1. The molecule has 0 fully saturated rings. The van der Waals surface area contributed by atoms with Crippen molar-refractivity contribution in [2.24, 2.45) is 0 Å². The van der Waals surface area contributed by atoms with Gasteiger partial charge in [0.05, 0.1) is 16.8 Å². The van der Waals surface area contributed by atoms with Gasteiger partial charge in [-0.25, -0.2) is 4.98 Å². The Morgan fingerprint density at radius 3 is 2.09 bits per heavy atom. The van der Waals surface area contributed by atoms with Crippen molar-refractivity contribution in [3.8, 4) is 21.8 Å². The molecule has 1 N–H and O–H groups in total. The zero-order chi connectivity index (χ0) is 24.5. The van der Waals surface area contributed by atoms with Crippen LogP contribution in [0.1, 0.15) is 21.5 Å².